The summed E-state index contributed by atoms with van der Waals surface area (Å²) in [5.41, 5.74) is 17.9. The molecular weight excluding hydrogens is 394 g/mol. The summed E-state index contributed by atoms with van der Waals surface area (Å²) >= 11 is 0. The normalized spacial score (nSPS) is 16.4. The van der Waals surface area contributed by atoms with Crippen molar-refractivity contribution in [3.8, 4) is 12.3 Å². The molecule has 0 spiro atoms. The molecule has 0 nitrogen and oxygen atoms in total. The lowest BCUT2D eigenvalue weighted by atomic mass is 9.57. The second kappa shape index (κ2) is 11.3. The summed E-state index contributed by atoms with van der Waals surface area (Å²) < 4.78 is 0. The molecule has 12 heteroatoms. The van der Waals surface area contributed by atoms with E-state index in [9.17, 15) is 0 Å². The van der Waals surface area contributed by atoms with Gasteiger partial charge < -0.3 is 0 Å². The van der Waals surface area contributed by atoms with Crippen molar-refractivity contribution in [2.75, 3.05) is 0 Å². The Kier molecular flexibility index (Phi) is 9.50. The first-order chi connectivity index (χ1) is 15.8. The second-order valence-electron chi connectivity index (χ2n) is 10.7. The Hall–Kier alpha value is -1.74. The maximum atomic E-state index is 5.69. The van der Waals surface area contributed by atoms with E-state index in [1.165, 1.54) is 65.1 Å². The topological polar surface area (TPSA) is 0 Å². The summed E-state index contributed by atoms with van der Waals surface area (Å²) in [4.78, 5) is 0. The lowest BCUT2D eigenvalue weighted by Crippen LogP contribution is -2.65. The van der Waals surface area contributed by atoms with E-state index in [0.29, 0.717) is 5.82 Å². The quantitative estimate of drug-likeness (QED) is 0.240. The van der Waals surface area contributed by atoms with Crippen LogP contribution in [0.1, 0.15) is 19.3 Å². The molecule has 0 radical (unpaired) electrons. The molecular formula is C22H34B12. The largest absolute Gasteiger partial charge is 0.149 e. The Morgan fingerprint density at radius 2 is 1.32 bits per heavy atom. The summed E-state index contributed by atoms with van der Waals surface area (Å²) in [6.45, 7) is 4.21. The number of rotatable bonds is 6. The van der Waals surface area contributed by atoms with E-state index >= 15 is 0 Å². The lowest BCUT2D eigenvalue weighted by molar-refractivity contribution is 0.977. The number of hydrogen-bond donors (Lipinski definition) is 0. The van der Waals surface area contributed by atoms with Crippen molar-refractivity contribution >= 4 is 127 Å². The smallest absolute Gasteiger partial charge is 0.118 e. The van der Waals surface area contributed by atoms with Gasteiger partial charge in [-0.2, -0.15) is 0 Å². The van der Waals surface area contributed by atoms with Crippen LogP contribution < -0.4 is 32.3 Å². The zero-order chi connectivity index (χ0) is 26.1. The van der Waals surface area contributed by atoms with Crippen molar-refractivity contribution < 1.29 is 0 Å². The lowest BCUT2D eigenvalue weighted by Gasteiger charge is -2.28. The van der Waals surface area contributed by atoms with Gasteiger partial charge in [0.25, 0.3) is 0 Å². The minimum Gasteiger partial charge on any atom is -0.118 e. The summed E-state index contributed by atoms with van der Waals surface area (Å²) in [5, 5.41) is 3.03. The zero-order valence-electron chi connectivity index (χ0n) is 24.0. The van der Waals surface area contributed by atoms with Gasteiger partial charge in [0.15, 0.2) is 0 Å². The molecule has 0 heterocycles. The van der Waals surface area contributed by atoms with E-state index in [1.807, 2.05) is 7.85 Å². The average Bonchev–Trinajstić information content (AvgIpc) is 2.82. The number of hydrogen-bond acceptors (Lipinski definition) is 0. The van der Waals surface area contributed by atoms with Crippen LogP contribution in [0, 0.1) is 12.3 Å². The monoisotopic (exact) mass is 430 g/mol. The Balaban J connectivity index is 2.95. The first-order valence-electron chi connectivity index (χ1n) is 12.7. The molecule has 1 aromatic rings. The Morgan fingerprint density at radius 3 is 1.82 bits per heavy atom. The molecule has 1 aliphatic rings. The molecule has 1 aromatic carbocycles. The van der Waals surface area contributed by atoms with Gasteiger partial charge in [0, 0.05) is 0 Å². The highest BCUT2D eigenvalue weighted by Gasteiger charge is 2.22. The van der Waals surface area contributed by atoms with Gasteiger partial charge in [-0.05, 0) is 41.0 Å². The third-order valence-corrected chi connectivity index (χ3v) is 8.92. The standard InChI is InChI=1S/C22H34B12/c1-3-10(24)16(28)17(29)11(25)6-8-4-5-9(15(27)20(32)14(26)7(2)23)13-12(8)18(30)21(33)22(34)19(13)31/h1,15H,2,4-6,23-34H2/b16-10-,17-11-,20-14-. The highest BCUT2D eigenvalue weighted by molar-refractivity contribution is 6.62. The van der Waals surface area contributed by atoms with E-state index in [1.54, 1.807) is 11.1 Å². The maximum Gasteiger partial charge on any atom is 0.149 e. The second-order valence-corrected chi connectivity index (χ2v) is 10.7. The van der Waals surface area contributed by atoms with Crippen molar-refractivity contribution in [1.29, 1.82) is 0 Å². The molecule has 0 aliphatic heterocycles. The van der Waals surface area contributed by atoms with Crippen molar-refractivity contribution in [1.82, 2.24) is 0 Å². The third-order valence-electron chi connectivity index (χ3n) is 8.92. The fraction of sp³-hybridized carbons (Fsp3) is 0.182. The highest BCUT2D eigenvalue weighted by atomic mass is 14.2. The molecule has 34 heavy (non-hydrogen) atoms. The van der Waals surface area contributed by atoms with Crippen LogP contribution in [-0.2, 0) is 0 Å². The van der Waals surface area contributed by atoms with Crippen molar-refractivity contribution in [3.63, 3.8) is 0 Å². The minimum atomic E-state index is 0.416. The van der Waals surface area contributed by atoms with Gasteiger partial charge in [-0.3, -0.25) is 0 Å². The van der Waals surface area contributed by atoms with E-state index < -0.39 is 0 Å². The van der Waals surface area contributed by atoms with Gasteiger partial charge in [-0.1, -0.05) is 33.5 Å². The van der Waals surface area contributed by atoms with E-state index in [-0.39, 0.29) is 0 Å². The first kappa shape index (κ1) is 28.5. The van der Waals surface area contributed by atoms with Crippen LogP contribution >= 0.6 is 0 Å². The molecule has 0 aromatic heterocycles. The van der Waals surface area contributed by atoms with Crippen LogP contribution in [0.15, 0.2) is 44.9 Å². The van der Waals surface area contributed by atoms with E-state index in [2.05, 4.69) is 98.8 Å². The molecule has 0 N–H and O–H groups in total. The van der Waals surface area contributed by atoms with Crippen LogP contribution in [0.3, 0.4) is 0 Å². The van der Waals surface area contributed by atoms with Gasteiger partial charge in [-0.15, -0.1) is 51.3 Å². The predicted molar refractivity (Wildman–Crippen MR) is 190 cm³/mol. The van der Waals surface area contributed by atoms with Crippen molar-refractivity contribution in [3.05, 3.63) is 55.3 Å². The maximum absolute atomic E-state index is 5.69. The number of fused-ring (bicyclic) bond motifs is 1. The molecule has 0 saturated heterocycles. The first-order valence-corrected chi connectivity index (χ1v) is 12.7. The molecule has 158 valence electrons. The van der Waals surface area contributed by atoms with Crippen LogP contribution in [0.2, 0.25) is 5.82 Å². The summed E-state index contributed by atoms with van der Waals surface area (Å²) in [6, 6.07) is 0. The fourth-order valence-corrected chi connectivity index (χ4v) is 5.39. The highest BCUT2D eigenvalue weighted by Crippen LogP contribution is 2.31. The number of terminal acetylenes is 1. The van der Waals surface area contributed by atoms with Gasteiger partial charge >= 0.3 is 0 Å². The Morgan fingerprint density at radius 1 is 0.794 bits per heavy atom. The van der Waals surface area contributed by atoms with Crippen LogP contribution in [0.5, 0.6) is 0 Å². The van der Waals surface area contributed by atoms with Crippen LogP contribution in [0.25, 0.3) is 11.1 Å². The summed E-state index contributed by atoms with van der Waals surface area (Å²) in [6.07, 6.45) is 8.94. The molecule has 1 aliphatic carbocycles. The van der Waals surface area contributed by atoms with Gasteiger partial charge in [-0.25, -0.2) is 0 Å². The fourth-order valence-electron chi connectivity index (χ4n) is 5.39. The summed E-state index contributed by atoms with van der Waals surface area (Å²) in [5.74, 6) is 3.24. The number of benzene rings is 1. The molecule has 0 amide bonds. The molecule has 0 bridgehead atoms. The van der Waals surface area contributed by atoms with Crippen LogP contribution in [-0.4, -0.2) is 94.2 Å². The Bertz CT molecular complexity index is 1320. The molecule has 0 saturated carbocycles. The van der Waals surface area contributed by atoms with Crippen LogP contribution in [0.4, 0.5) is 0 Å². The van der Waals surface area contributed by atoms with E-state index in [4.69, 9.17) is 6.42 Å². The van der Waals surface area contributed by atoms with Crippen molar-refractivity contribution in [2.45, 2.75) is 25.1 Å². The predicted octanol–water partition coefficient (Wildman–Crippen LogP) is -11.2. The summed E-state index contributed by atoms with van der Waals surface area (Å²) in [7, 11) is 27.0. The zero-order valence-corrected chi connectivity index (χ0v) is 24.0. The van der Waals surface area contributed by atoms with Gasteiger partial charge in [0.2, 0.25) is 0 Å². The molecule has 1 unspecified atom stereocenters. The van der Waals surface area contributed by atoms with Gasteiger partial charge in [0.05, 0.1) is 0 Å². The van der Waals surface area contributed by atoms with E-state index in [0.717, 1.165) is 24.7 Å². The van der Waals surface area contributed by atoms with Crippen molar-refractivity contribution in [2.24, 2.45) is 0 Å². The SMILES string of the molecule is BC(=C)/C(B)=C(/B)C(B)C1=c2c(B)c(B)c(B)c(B)c2=C(C/C(B)=C(B)\C(B)=C(\B)C#C)CC1. The third kappa shape index (κ3) is 5.40. The molecule has 1 atom stereocenters. The minimum absolute atomic E-state index is 0.416. The molecule has 0 fully saturated rings. The van der Waals surface area contributed by atoms with Gasteiger partial charge in [0.1, 0.15) is 94.2 Å². The molecule has 2 rings (SSSR count). The Labute approximate surface area is 219 Å². The average molecular weight is 428 g/mol. The number of allylic oxidation sites excluding steroid dienone is 7.